The number of carboxylic acids is 1. The minimum atomic E-state index is -1.15. The van der Waals surface area contributed by atoms with E-state index in [0.717, 1.165) is 0 Å². The number of carbonyl (C=O) groups excluding carboxylic acids is 1. The quantitative estimate of drug-likeness (QED) is 0.607. The number of hydrogen-bond donors (Lipinski definition) is 2. The molecule has 0 amide bonds. The summed E-state index contributed by atoms with van der Waals surface area (Å²) in [6.07, 6.45) is -1.09. The molecule has 0 aliphatic rings. The van der Waals surface area contributed by atoms with E-state index >= 15 is 0 Å². The number of hydrogen-bond acceptors (Lipinski definition) is 5. The molecule has 0 aromatic carbocycles. The first kappa shape index (κ1) is 14.9. The molecule has 0 saturated heterocycles. The van der Waals surface area contributed by atoms with Crippen LogP contribution < -0.4 is 5.73 Å². The van der Waals surface area contributed by atoms with Crippen LogP contribution in [-0.2, 0) is 19.1 Å². The van der Waals surface area contributed by atoms with E-state index in [1.54, 1.807) is 13.8 Å². The van der Waals surface area contributed by atoms with Crippen molar-refractivity contribution >= 4 is 11.9 Å². The molecule has 94 valence electrons. The zero-order valence-electron chi connectivity index (χ0n) is 9.80. The fraction of sp³-hybridized carbons (Fsp3) is 0.800. The van der Waals surface area contributed by atoms with Gasteiger partial charge in [-0.15, -0.1) is 0 Å². The molecular weight excluding hydrogens is 214 g/mol. The second-order valence-corrected chi connectivity index (χ2v) is 3.34. The molecule has 0 saturated carbocycles. The van der Waals surface area contributed by atoms with Gasteiger partial charge in [0.05, 0.1) is 12.7 Å². The van der Waals surface area contributed by atoms with E-state index in [1.165, 1.54) is 6.92 Å². The normalized spacial score (nSPS) is 16.2. The van der Waals surface area contributed by atoms with Crippen molar-refractivity contribution < 1.29 is 24.2 Å². The molecule has 0 radical (unpaired) electrons. The van der Waals surface area contributed by atoms with Gasteiger partial charge in [-0.1, -0.05) is 6.92 Å². The Balaban J connectivity index is 4.31. The first-order chi connectivity index (χ1) is 7.43. The highest BCUT2D eigenvalue weighted by atomic mass is 16.6. The van der Waals surface area contributed by atoms with Gasteiger partial charge in [0.25, 0.3) is 0 Å². The molecule has 16 heavy (non-hydrogen) atoms. The van der Waals surface area contributed by atoms with E-state index in [0.29, 0.717) is 6.42 Å². The SMILES string of the molecule is CCOC(=O)C(C)OC(CC)C(N)C(=O)O. The van der Waals surface area contributed by atoms with Crippen molar-refractivity contribution in [3.8, 4) is 0 Å². The molecular formula is C10H19NO5. The molecule has 0 heterocycles. The third kappa shape index (κ3) is 4.59. The second kappa shape index (κ2) is 7.19. The first-order valence-corrected chi connectivity index (χ1v) is 5.24. The molecule has 0 aliphatic carbocycles. The van der Waals surface area contributed by atoms with Gasteiger partial charge in [0.2, 0.25) is 0 Å². The van der Waals surface area contributed by atoms with Crippen LogP contribution >= 0.6 is 0 Å². The maximum Gasteiger partial charge on any atom is 0.334 e. The molecule has 0 fully saturated rings. The first-order valence-electron chi connectivity index (χ1n) is 5.24. The zero-order valence-corrected chi connectivity index (χ0v) is 9.80. The van der Waals surface area contributed by atoms with Crippen LogP contribution in [0.4, 0.5) is 0 Å². The lowest BCUT2D eigenvalue weighted by Crippen LogP contribution is -2.45. The highest BCUT2D eigenvalue weighted by molar-refractivity contribution is 5.75. The van der Waals surface area contributed by atoms with Crippen molar-refractivity contribution in [1.82, 2.24) is 0 Å². The van der Waals surface area contributed by atoms with Crippen LogP contribution in [0.5, 0.6) is 0 Å². The van der Waals surface area contributed by atoms with Crippen molar-refractivity contribution in [2.75, 3.05) is 6.61 Å². The highest BCUT2D eigenvalue weighted by Crippen LogP contribution is 2.08. The molecule has 0 spiro atoms. The van der Waals surface area contributed by atoms with Crippen molar-refractivity contribution in [2.24, 2.45) is 5.73 Å². The number of rotatable bonds is 7. The van der Waals surface area contributed by atoms with E-state index in [4.69, 9.17) is 20.3 Å². The Kier molecular flexibility index (Phi) is 6.67. The summed E-state index contributed by atoms with van der Waals surface area (Å²) in [6.45, 7) is 5.19. The zero-order chi connectivity index (χ0) is 12.7. The van der Waals surface area contributed by atoms with Gasteiger partial charge in [-0.3, -0.25) is 4.79 Å². The molecule has 6 nitrogen and oxygen atoms in total. The summed E-state index contributed by atoms with van der Waals surface area (Å²) in [5.41, 5.74) is 5.42. The largest absolute Gasteiger partial charge is 0.480 e. The van der Waals surface area contributed by atoms with Crippen LogP contribution in [0, 0.1) is 0 Å². The fourth-order valence-corrected chi connectivity index (χ4v) is 1.17. The van der Waals surface area contributed by atoms with Gasteiger partial charge in [-0.2, -0.15) is 0 Å². The smallest absolute Gasteiger partial charge is 0.334 e. The predicted octanol–water partition coefficient (Wildman–Crippen LogP) is 0.145. The molecule has 0 aromatic heterocycles. The summed E-state index contributed by atoms with van der Waals surface area (Å²) < 4.78 is 9.99. The standard InChI is InChI=1S/C10H19NO5/c1-4-7(8(11)9(12)13)16-6(3)10(14)15-5-2/h6-8H,4-5,11H2,1-3H3,(H,12,13). The van der Waals surface area contributed by atoms with E-state index in [9.17, 15) is 9.59 Å². The molecule has 0 rings (SSSR count). The lowest BCUT2D eigenvalue weighted by molar-refractivity contribution is -0.163. The average molecular weight is 233 g/mol. The van der Waals surface area contributed by atoms with Crippen LogP contribution in [0.25, 0.3) is 0 Å². The average Bonchev–Trinajstić information content (AvgIpc) is 2.24. The van der Waals surface area contributed by atoms with E-state index < -0.39 is 30.2 Å². The number of carbonyl (C=O) groups is 2. The van der Waals surface area contributed by atoms with Crippen molar-refractivity contribution in [3.05, 3.63) is 0 Å². The van der Waals surface area contributed by atoms with E-state index in [1.807, 2.05) is 0 Å². The third-order valence-electron chi connectivity index (χ3n) is 2.09. The molecule has 0 aliphatic heterocycles. The Morgan fingerprint density at radius 3 is 2.31 bits per heavy atom. The number of ether oxygens (including phenoxy) is 2. The topological polar surface area (TPSA) is 98.9 Å². The minimum absolute atomic E-state index is 0.258. The summed E-state index contributed by atoms with van der Waals surface area (Å²) in [4.78, 5) is 21.9. The van der Waals surface area contributed by atoms with Crippen LogP contribution in [0.3, 0.4) is 0 Å². The van der Waals surface area contributed by atoms with Crippen molar-refractivity contribution in [1.29, 1.82) is 0 Å². The van der Waals surface area contributed by atoms with Gasteiger partial charge in [0, 0.05) is 0 Å². The minimum Gasteiger partial charge on any atom is -0.480 e. The summed E-state index contributed by atoms with van der Waals surface area (Å²) in [7, 11) is 0. The maximum absolute atomic E-state index is 11.3. The van der Waals surface area contributed by atoms with Gasteiger partial charge < -0.3 is 20.3 Å². The Hall–Kier alpha value is -1.14. The van der Waals surface area contributed by atoms with Gasteiger partial charge in [0.15, 0.2) is 6.10 Å². The summed E-state index contributed by atoms with van der Waals surface area (Å²) >= 11 is 0. The maximum atomic E-state index is 11.3. The third-order valence-corrected chi connectivity index (χ3v) is 2.09. The summed E-state index contributed by atoms with van der Waals surface area (Å²) in [5, 5.41) is 8.72. The molecule has 3 unspecified atom stereocenters. The molecule has 0 aromatic rings. The Labute approximate surface area is 94.7 Å². The number of nitrogens with two attached hydrogens (primary N) is 1. The Bertz CT molecular complexity index is 243. The van der Waals surface area contributed by atoms with Crippen molar-refractivity contribution in [3.63, 3.8) is 0 Å². The van der Waals surface area contributed by atoms with Crippen LogP contribution in [0.1, 0.15) is 27.2 Å². The monoisotopic (exact) mass is 233 g/mol. The Morgan fingerprint density at radius 2 is 1.94 bits per heavy atom. The van der Waals surface area contributed by atoms with Crippen molar-refractivity contribution in [2.45, 2.75) is 45.4 Å². The molecule has 3 atom stereocenters. The molecule has 6 heteroatoms. The van der Waals surface area contributed by atoms with Crippen LogP contribution in [-0.4, -0.2) is 41.9 Å². The molecule has 0 bridgehead atoms. The van der Waals surface area contributed by atoms with Gasteiger partial charge >= 0.3 is 11.9 Å². The van der Waals surface area contributed by atoms with Gasteiger partial charge in [-0.25, -0.2) is 4.79 Å². The summed E-state index contributed by atoms with van der Waals surface area (Å²) in [6, 6.07) is -1.14. The van der Waals surface area contributed by atoms with E-state index in [2.05, 4.69) is 0 Å². The van der Waals surface area contributed by atoms with Gasteiger partial charge in [-0.05, 0) is 20.3 Å². The lowest BCUT2D eigenvalue weighted by atomic mass is 10.1. The lowest BCUT2D eigenvalue weighted by Gasteiger charge is -2.23. The fourth-order valence-electron chi connectivity index (χ4n) is 1.17. The number of esters is 1. The van der Waals surface area contributed by atoms with E-state index in [-0.39, 0.29) is 6.61 Å². The number of carboxylic acid groups (broad SMARTS) is 1. The van der Waals surface area contributed by atoms with Crippen LogP contribution in [0.2, 0.25) is 0 Å². The predicted molar refractivity (Wildman–Crippen MR) is 56.9 cm³/mol. The van der Waals surface area contributed by atoms with Gasteiger partial charge in [0.1, 0.15) is 6.04 Å². The number of aliphatic carboxylic acids is 1. The Morgan fingerprint density at radius 1 is 1.38 bits per heavy atom. The van der Waals surface area contributed by atoms with Crippen LogP contribution in [0.15, 0.2) is 0 Å². The summed E-state index contributed by atoms with van der Waals surface area (Å²) in [5.74, 6) is -1.67. The highest BCUT2D eigenvalue weighted by Gasteiger charge is 2.27. The molecule has 3 N–H and O–H groups in total. The second-order valence-electron chi connectivity index (χ2n) is 3.34.